The molecule has 0 bridgehead atoms. The summed E-state index contributed by atoms with van der Waals surface area (Å²) < 4.78 is 7.47. The van der Waals surface area contributed by atoms with Crippen molar-refractivity contribution in [2.75, 3.05) is 9.80 Å². The average Bonchev–Trinajstić information content (AvgIpc) is 4.04. The number of benzene rings is 9. The summed E-state index contributed by atoms with van der Waals surface area (Å²) in [5, 5.41) is 5.23. The summed E-state index contributed by atoms with van der Waals surface area (Å²) in [5.74, 6) is 1.34. The highest BCUT2D eigenvalue weighted by atomic mass is 28.3. The lowest BCUT2D eigenvalue weighted by atomic mass is 9.35. The van der Waals surface area contributed by atoms with Crippen LogP contribution in [-0.2, 0) is 21.7 Å². The summed E-state index contributed by atoms with van der Waals surface area (Å²) in [6, 6.07) is 82.5. The van der Waals surface area contributed by atoms with Crippen LogP contribution in [0.5, 0.6) is 0 Å². The number of anilines is 6. The van der Waals surface area contributed by atoms with E-state index in [4.69, 9.17) is 9.40 Å². The minimum Gasteiger partial charge on any atom is -0.420 e. The Bertz CT molecular complexity index is 3740. The van der Waals surface area contributed by atoms with Gasteiger partial charge in [0.05, 0.1) is 5.59 Å². The second-order valence-electron chi connectivity index (χ2n) is 26.1. The molecule has 79 heavy (non-hydrogen) atoms. The molecule has 0 amide bonds. The molecular weight excluding hydrogens is 974 g/mol. The third kappa shape index (κ3) is 9.08. The molecule has 1 aromatic heterocycles. The zero-order chi connectivity index (χ0) is 55.2. The monoisotopic (exact) mass is 1050 g/mol. The van der Waals surface area contributed by atoms with Crippen molar-refractivity contribution in [3.63, 3.8) is 0 Å². The summed E-state index contributed by atoms with van der Waals surface area (Å²) >= 11 is 0. The van der Waals surface area contributed by atoms with Crippen molar-refractivity contribution in [2.45, 2.75) is 105 Å². The molecule has 6 heteroatoms. The number of aromatic nitrogens is 1. The molecular formula is C73H72BN3OSi. The van der Waals surface area contributed by atoms with E-state index in [1.54, 1.807) is 0 Å². The van der Waals surface area contributed by atoms with Crippen LogP contribution in [0, 0.1) is 0 Å². The molecule has 9 aromatic carbocycles. The number of rotatable bonds is 8. The van der Waals surface area contributed by atoms with E-state index in [-0.39, 0.29) is 28.4 Å². The van der Waals surface area contributed by atoms with Gasteiger partial charge in [0.1, 0.15) is 0 Å². The van der Waals surface area contributed by atoms with Crippen molar-refractivity contribution in [3.8, 4) is 22.6 Å². The second-order valence-corrected chi connectivity index (χ2v) is 29.9. The van der Waals surface area contributed by atoms with E-state index in [0.29, 0.717) is 5.89 Å². The first kappa shape index (κ1) is 51.8. The Balaban J connectivity index is 1.19. The van der Waals surface area contributed by atoms with Crippen LogP contribution < -0.4 is 47.1 Å². The van der Waals surface area contributed by atoms with Crippen LogP contribution in [0.15, 0.2) is 223 Å². The Kier molecular flexibility index (Phi) is 12.6. The van der Waals surface area contributed by atoms with E-state index >= 15 is 0 Å². The smallest absolute Gasteiger partial charge is 0.279 e. The third-order valence-electron chi connectivity index (χ3n) is 16.7. The maximum atomic E-state index is 7.47. The Morgan fingerprint density at radius 1 is 0.367 bits per heavy atom. The highest BCUT2D eigenvalue weighted by Gasteiger charge is 2.50. The maximum Gasteiger partial charge on any atom is 0.279 e. The molecule has 0 saturated heterocycles. The summed E-state index contributed by atoms with van der Waals surface area (Å²) in [7, 11) is -3.14. The van der Waals surface area contributed by atoms with Gasteiger partial charge in [-0.15, -0.1) is 0 Å². The van der Waals surface area contributed by atoms with Crippen molar-refractivity contribution in [2.24, 2.45) is 0 Å². The third-order valence-corrected chi connectivity index (χ3v) is 21.5. The van der Waals surface area contributed by atoms with Crippen LogP contribution in [0.25, 0.3) is 22.6 Å². The Labute approximate surface area is 471 Å². The molecule has 0 aliphatic carbocycles. The molecule has 392 valence electrons. The van der Waals surface area contributed by atoms with Gasteiger partial charge in [-0.05, 0) is 141 Å². The van der Waals surface area contributed by atoms with Gasteiger partial charge in [0.2, 0.25) is 11.8 Å². The Hall–Kier alpha value is -7.93. The predicted octanol–water partition coefficient (Wildman–Crippen LogP) is 14.7. The van der Waals surface area contributed by atoms with Crippen molar-refractivity contribution < 1.29 is 4.42 Å². The topological polar surface area (TPSA) is 32.5 Å². The normalized spacial score (nSPS) is 13.5. The summed E-state index contributed by atoms with van der Waals surface area (Å²) in [5.41, 5.74) is 17.2. The predicted molar refractivity (Wildman–Crippen MR) is 340 cm³/mol. The number of nitrogens with zero attached hydrogens (tertiary/aromatic N) is 3. The quantitative estimate of drug-likeness (QED) is 0.112. The Morgan fingerprint density at radius 3 is 1.19 bits per heavy atom. The largest absolute Gasteiger partial charge is 0.420 e. The Morgan fingerprint density at radius 2 is 0.747 bits per heavy atom. The van der Waals surface area contributed by atoms with Crippen molar-refractivity contribution >= 4 is 86.4 Å². The van der Waals surface area contributed by atoms with Gasteiger partial charge in [-0.1, -0.05) is 247 Å². The molecule has 2 aliphatic heterocycles. The molecule has 0 radical (unpaired) electrons. The number of hydrogen-bond acceptors (Lipinski definition) is 4. The summed E-state index contributed by atoms with van der Waals surface area (Å²) in [4.78, 5) is 10.7. The molecule has 0 fully saturated rings. The van der Waals surface area contributed by atoms with E-state index < -0.39 is 8.07 Å². The van der Waals surface area contributed by atoms with Crippen molar-refractivity contribution in [1.29, 1.82) is 0 Å². The molecule has 3 heterocycles. The van der Waals surface area contributed by atoms with Crippen LogP contribution in [-0.4, -0.2) is 19.8 Å². The first-order valence-corrected chi connectivity index (χ1v) is 30.2. The first-order chi connectivity index (χ1) is 37.7. The summed E-state index contributed by atoms with van der Waals surface area (Å²) in [6.45, 7) is 27.2. The van der Waals surface area contributed by atoms with Gasteiger partial charge in [0.25, 0.3) is 6.71 Å². The average molecular weight is 1050 g/mol. The SMILES string of the molecule is CC(C)(C)c1ccc(-c2ccc(-c3nc4c(o3)N(c3ccc(C(C)(C)C)cc3)c3cc([Si](c5ccccc5)(c5ccccc5)c5ccccc5)cc5c3B4c3cc(C(C)(C)C)ccc3N5c3ccc(C(C)(C)C)cc3)cc2)cc1. The second kappa shape index (κ2) is 19.2. The molecule has 0 spiro atoms. The van der Waals surface area contributed by atoms with E-state index in [2.05, 4.69) is 311 Å². The van der Waals surface area contributed by atoms with Gasteiger partial charge in [-0.2, -0.15) is 0 Å². The molecule has 0 atom stereocenters. The molecule has 0 N–H and O–H groups in total. The van der Waals surface area contributed by atoms with Gasteiger partial charge >= 0.3 is 0 Å². The van der Waals surface area contributed by atoms with E-state index in [0.717, 1.165) is 51.0 Å². The fourth-order valence-corrected chi connectivity index (χ4v) is 17.0. The van der Waals surface area contributed by atoms with Gasteiger partial charge in [-0.3, -0.25) is 4.90 Å². The minimum atomic E-state index is -3.14. The highest BCUT2D eigenvalue weighted by molar-refractivity contribution is 7.20. The molecule has 10 aromatic rings. The highest BCUT2D eigenvalue weighted by Crippen LogP contribution is 2.46. The molecule has 12 rings (SSSR count). The zero-order valence-electron chi connectivity index (χ0n) is 48.1. The van der Waals surface area contributed by atoms with Crippen LogP contribution in [0.4, 0.5) is 34.3 Å². The molecule has 0 unspecified atom stereocenters. The van der Waals surface area contributed by atoms with Crippen LogP contribution in [0.3, 0.4) is 0 Å². The fraction of sp³-hybridized carbons (Fsp3) is 0.219. The van der Waals surface area contributed by atoms with E-state index in [1.807, 2.05) is 0 Å². The van der Waals surface area contributed by atoms with Crippen molar-refractivity contribution in [1.82, 2.24) is 4.98 Å². The number of fused-ring (bicyclic) bond motifs is 4. The standard InChI is InChI=1S/C73H72BN3OSi/c1-70(2,3)52-34-32-50(33-35-52)49-28-30-51(31-29-49)68-75-67-69(78-68)77(57-43-38-54(39-44-57)72(7,8)9)65-48-61(79(58-22-16-13-17-23-58,59-24-18-14-19-25-59)60-26-20-15-21-27-60)47-64-66(65)74(67)62-46-55(73(10,11)12)40-45-63(62)76(64)56-41-36-53(37-42-56)71(4,5)6/h13-48H,1-12H3. The van der Waals surface area contributed by atoms with Crippen LogP contribution in [0.2, 0.25) is 0 Å². The van der Waals surface area contributed by atoms with E-state index in [1.165, 1.54) is 59.5 Å². The number of oxazole rings is 1. The number of hydrogen-bond donors (Lipinski definition) is 0. The lowest BCUT2D eigenvalue weighted by Gasteiger charge is -2.44. The van der Waals surface area contributed by atoms with Gasteiger partial charge in [-0.25, -0.2) is 4.98 Å². The van der Waals surface area contributed by atoms with Crippen molar-refractivity contribution in [3.05, 3.63) is 241 Å². The lowest BCUT2D eigenvalue weighted by Crippen LogP contribution is -2.75. The molecule has 4 nitrogen and oxygen atoms in total. The minimum absolute atomic E-state index is 0.0154. The van der Waals surface area contributed by atoms with Gasteiger partial charge < -0.3 is 9.32 Å². The molecule has 2 aliphatic rings. The maximum absolute atomic E-state index is 7.47. The van der Waals surface area contributed by atoms with Gasteiger partial charge in [0.15, 0.2) is 8.07 Å². The first-order valence-electron chi connectivity index (χ1n) is 28.2. The van der Waals surface area contributed by atoms with Gasteiger partial charge in [0, 0.05) is 34.0 Å². The fourth-order valence-electron chi connectivity index (χ4n) is 12.2. The van der Waals surface area contributed by atoms with E-state index in [9.17, 15) is 0 Å². The molecule has 0 saturated carbocycles. The zero-order valence-corrected chi connectivity index (χ0v) is 49.1. The van der Waals surface area contributed by atoms with Crippen LogP contribution >= 0.6 is 0 Å². The van der Waals surface area contributed by atoms with Crippen LogP contribution in [0.1, 0.15) is 105 Å². The summed E-state index contributed by atoms with van der Waals surface area (Å²) in [6.07, 6.45) is 0. The lowest BCUT2D eigenvalue weighted by molar-refractivity contribution is 0.580.